The van der Waals surface area contributed by atoms with Crippen LogP contribution in [-0.4, -0.2) is 48.0 Å². The second-order valence-corrected chi connectivity index (χ2v) is 4.93. The summed E-state index contributed by atoms with van der Waals surface area (Å²) in [6.07, 6.45) is 0. The van der Waals surface area contributed by atoms with Crippen molar-refractivity contribution >= 4 is 51.1 Å². The normalized spacial score (nSPS) is 10.7. The molecular formula is C12H13N2NaO4S. The fourth-order valence-electron chi connectivity index (χ4n) is 1.29. The predicted octanol–water partition coefficient (Wildman–Crippen LogP) is 1.88. The minimum atomic E-state index is -4.16. The third kappa shape index (κ3) is 5.49. The summed E-state index contributed by atoms with van der Waals surface area (Å²) in [5, 5.41) is 7.93. The third-order valence-electron chi connectivity index (χ3n) is 2.17. The van der Waals surface area contributed by atoms with Crippen LogP contribution in [0.3, 0.4) is 0 Å². The van der Waals surface area contributed by atoms with Crippen LogP contribution in [0.2, 0.25) is 0 Å². The first kappa shape index (κ1) is 18.9. The maximum atomic E-state index is 10.8. The maximum absolute atomic E-state index is 10.8. The van der Waals surface area contributed by atoms with Crippen molar-refractivity contribution in [3.8, 4) is 0 Å². The average Bonchev–Trinajstić information content (AvgIpc) is 2.37. The number of azo groups is 1. The van der Waals surface area contributed by atoms with E-state index in [-0.39, 0.29) is 39.9 Å². The summed E-state index contributed by atoms with van der Waals surface area (Å²) in [7, 11) is -4.16. The first-order chi connectivity index (χ1) is 8.55. The zero-order valence-electron chi connectivity index (χ0n) is 9.76. The van der Waals surface area contributed by atoms with Crippen LogP contribution in [0.1, 0.15) is 0 Å². The topological polar surface area (TPSA) is 111 Å². The second kappa shape index (κ2) is 8.25. The molecule has 0 aromatic heterocycles. The first-order valence-corrected chi connectivity index (χ1v) is 6.54. The molecule has 0 atom stereocenters. The Morgan fingerprint density at radius 1 is 0.800 bits per heavy atom. The summed E-state index contributed by atoms with van der Waals surface area (Å²) in [5.74, 6) is 0. The van der Waals surface area contributed by atoms with Gasteiger partial charge in [-0.05, 0) is 36.4 Å². The number of benzene rings is 2. The van der Waals surface area contributed by atoms with Crippen molar-refractivity contribution < 1.29 is 18.4 Å². The van der Waals surface area contributed by atoms with Gasteiger partial charge < -0.3 is 5.48 Å². The molecule has 0 fully saturated rings. The van der Waals surface area contributed by atoms with Crippen molar-refractivity contribution in [2.45, 2.75) is 4.90 Å². The third-order valence-corrected chi connectivity index (χ3v) is 3.04. The van der Waals surface area contributed by atoms with Gasteiger partial charge in [0.05, 0.1) is 16.3 Å². The molecule has 0 unspecified atom stereocenters. The molecule has 102 valence electrons. The van der Waals surface area contributed by atoms with Crippen LogP contribution in [-0.2, 0) is 10.1 Å². The van der Waals surface area contributed by atoms with Gasteiger partial charge in [-0.3, -0.25) is 4.55 Å². The van der Waals surface area contributed by atoms with Gasteiger partial charge in [-0.1, -0.05) is 18.2 Å². The Labute approximate surface area is 138 Å². The molecule has 0 aliphatic carbocycles. The summed E-state index contributed by atoms with van der Waals surface area (Å²) >= 11 is 0. The van der Waals surface area contributed by atoms with E-state index in [1.807, 2.05) is 18.2 Å². The quantitative estimate of drug-likeness (QED) is 0.530. The molecule has 20 heavy (non-hydrogen) atoms. The summed E-state index contributed by atoms with van der Waals surface area (Å²) in [6.45, 7) is 0. The van der Waals surface area contributed by atoms with Gasteiger partial charge >= 0.3 is 29.6 Å². The van der Waals surface area contributed by atoms with E-state index in [4.69, 9.17) is 4.55 Å². The summed E-state index contributed by atoms with van der Waals surface area (Å²) in [4.78, 5) is -0.166. The molecule has 6 nitrogen and oxygen atoms in total. The summed E-state index contributed by atoms with van der Waals surface area (Å²) in [5.41, 5.74) is 1.21. The van der Waals surface area contributed by atoms with Crippen molar-refractivity contribution in [2.75, 3.05) is 0 Å². The summed E-state index contributed by atoms with van der Waals surface area (Å²) < 4.78 is 30.5. The SMILES string of the molecule is O.O=S(=O)(O)c1ccc(/N=N/c2ccccc2)cc1.[NaH]. The van der Waals surface area contributed by atoms with Crippen molar-refractivity contribution in [1.29, 1.82) is 0 Å². The predicted molar refractivity (Wildman–Crippen MR) is 77.6 cm³/mol. The monoisotopic (exact) mass is 304 g/mol. The molecule has 0 radical (unpaired) electrons. The van der Waals surface area contributed by atoms with Gasteiger partial charge in [0.1, 0.15) is 0 Å². The fraction of sp³-hybridized carbons (Fsp3) is 0. The Balaban J connectivity index is 0.00000180. The molecule has 0 amide bonds. The molecule has 0 aliphatic rings. The molecule has 3 N–H and O–H groups in total. The van der Waals surface area contributed by atoms with Crippen LogP contribution in [0, 0.1) is 0 Å². The van der Waals surface area contributed by atoms with E-state index in [2.05, 4.69) is 10.2 Å². The van der Waals surface area contributed by atoms with Gasteiger partial charge in [-0.2, -0.15) is 18.6 Å². The standard InChI is InChI=1S/C12H10N2O3S.Na.H2O.H/c15-18(16,17)12-8-6-11(7-9-12)14-13-10-4-2-1-3-5-10;;;/h1-9H,(H,15,16,17);;1H2;/b14-13+;;;. The Kier molecular flexibility index (Phi) is 7.80. The molecule has 2 aromatic carbocycles. The van der Waals surface area contributed by atoms with Gasteiger partial charge in [0, 0.05) is 0 Å². The molecule has 8 heteroatoms. The Morgan fingerprint density at radius 2 is 1.25 bits per heavy atom. The van der Waals surface area contributed by atoms with E-state index >= 15 is 0 Å². The molecule has 0 heterocycles. The van der Waals surface area contributed by atoms with E-state index in [9.17, 15) is 8.42 Å². The van der Waals surface area contributed by atoms with Crippen molar-refractivity contribution in [3.05, 3.63) is 54.6 Å². The van der Waals surface area contributed by atoms with Gasteiger partial charge in [-0.15, -0.1) is 0 Å². The molecule has 0 aliphatic heterocycles. The molecule has 0 saturated heterocycles. The molecular weight excluding hydrogens is 291 g/mol. The van der Waals surface area contributed by atoms with Crippen LogP contribution >= 0.6 is 0 Å². The van der Waals surface area contributed by atoms with Crippen LogP contribution in [0.15, 0.2) is 69.7 Å². The van der Waals surface area contributed by atoms with Gasteiger partial charge in [0.2, 0.25) is 0 Å². The van der Waals surface area contributed by atoms with Gasteiger partial charge in [0.15, 0.2) is 0 Å². The van der Waals surface area contributed by atoms with E-state index < -0.39 is 10.1 Å². The van der Waals surface area contributed by atoms with Crippen molar-refractivity contribution in [1.82, 2.24) is 0 Å². The van der Waals surface area contributed by atoms with Crippen LogP contribution in [0.25, 0.3) is 0 Å². The van der Waals surface area contributed by atoms with E-state index in [0.717, 1.165) is 0 Å². The first-order valence-electron chi connectivity index (χ1n) is 5.10. The molecule has 0 spiro atoms. The molecule has 2 rings (SSSR count). The Morgan fingerprint density at radius 3 is 1.70 bits per heavy atom. The van der Waals surface area contributed by atoms with Crippen LogP contribution < -0.4 is 0 Å². The average molecular weight is 304 g/mol. The number of hydrogen-bond donors (Lipinski definition) is 1. The van der Waals surface area contributed by atoms with Gasteiger partial charge in [-0.25, -0.2) is 0 Å². The van der Waals surface area contributed by atoms with Crippen LogP contribution in [0.5, 0.6) is 0 Å². The van der Waals surface area contributed by atoms with E-state index in [0.29, 0.717) is 11.4 Å². The Hall–Kier alpha value is -1.09. The molecule has 2 aromatic rings. The zero-order chi connectivity index (χ0) is 13.0. The molecule has 0 bridgehead atoms. The van der Waals surface area contributed by atoms with Crippen LogP contribution in [0.4, 0.5) is 11.4 Å². The van der Waals surface area contributed by atoms with E-state index in [1.54, 1.807) is 12.1 Å². The Bertz CT molecular complexity index is 658. The number of rotatable bonds is 3. The molecule has 0 saturated carbocycles. The number of hydrogen-bond acceptors (Lipinski definition) is 4. The minimum absolute atomic E-state index is 0. The van der Waals surface area contributed by atoms with E-state index in [1.165, 1.54) is 24.3 Å². The summed E-state index contributed by atoms with van der Waals surface area (Å²) in [6, 6.07) is 14.6. The van der Waals surface area contributed by atoms with Crippen molar-refractivity contribution in [2.24, 2.45) is 10.2 Å². The second-order valence-electron chi connectivity index (χ2n) is 3.50. The van der Waals surface area contributed by atoms with Crippen molar-refractivity contribution in [3.63, 3.8) is 0 Å². The van der Waals surface area contributed by atoms with Gasteiger partial charge in [0.25, 0.3) is 10.1 Å². The fourth-order valence-corrected chi connectivity index (χ4v) is 1.77. The number of nitrogens with zero attached hydrogens (tertiary/aromatic N) is 2. The zero-order valence-corrected chi connectivity index (χ0v) is 10.6.